The summed E-state index contributed by atoms with van der Waals surface area (Å²) in [4.78, 5) is 22.9. The Kier molecular flexibility index (Phi) is 5.73. The lowest BCUT2D eigenvalue weighted by atomic mass is 10.0. The van der Waals surface area contributed by atoms with Gasteiger partial charge in [0, 0.05) is 12.8 Å². The van der Waals surface area contributed by atoms with Crippen LogP contribution in [-0.2, 0) is 16.0 Å². The van der Waals surface area contributed by atoms with Crippen molar-refractivity contribution in [2.45, 2.75) is 32.7 Å². The molecule has 1 rings (SSSR count). The molecule has 20 heavy (non-hydrogen) atoms. The number of carbonyl (C=O) groups is 2. The molecule has 5 nitrogen and oxygen atoms in total. The molecule has 0 aromatic heterocycles. The van der Waals surface area contributed by atoms with Gasteiger partial charge in [0.15, 0.2) is 0 Å². The number of benzene rings is 1. The van der Waals surface area contributed by atoms with E-state index >= 15 is 0 Å². The highest BCUT2D eigenvalue weighted by atomic mass is 16.4. The minimum atomic E-state index is -1.10. The number of rotatable bonds is 6. The zero-order valence-electron chi connectivity index (χ0n) is 11.6. The largest absolute Gasteiger partial charge is 0.480 e. The van der Waals surface area contributed by atoms with E-state index in [-0.39, 0.29) is 24.7 Å². The third kappa shape index (κ3) is 4.73. The van der Waals surface area contributed by atoms with Crippen LogP contribution in [0.4, 0.5) is 0 Å². The van der Waals surface area contributed by atoms with Crippen LogP contribution < -0.4 is 5.32 Å². The van der Waals surface area contributed by atoms with E-state index in [4.69, 9.17) is 5.26 Å². The SMILES string of the molecule is CC(C)CC(=O)N[C@@H](Cc1ccccc1C#N)C(=O)O. The molecule has 0 radical (unpaired) electrons. The van der Waals surface area contributed by atoms with Crippen LogP contribution in [0.25, 0.3) is 0 Å². The molecular weight excluding hydrogens is 256 g/mol. The number of hydrogen-bond donors (Lipinski definition) is 2. The first-order valence-corrected chi connectivity index (χ1v) is 6.44. The number of nitriles is 1. The van der Waals surface area contributed by atoms with E-state index in [0.717, 1.165) is 0 Å². The van der Waals surface area contributed by atoms with Gasteiger partial charge in [-0.25, -0.2) is 4.79 Å². The number of nitrogens with one attached hydrogen (secondary N) is 1. The summed E-state index contributed by atoms with van der Waals surface area (Å²) in [7, 11) is 0. The molecule has 2 N–H and O–H groups in total. The fourth-order valence-electron chi connectivity index (χ4n) is 1.85. The normalized spacial score (nSPS) is 11.7. The summed E-state index contributed by atoms with van der Waals surface area (Å²) in [5.41, 5.74) is 1.05. The summed E-state index contributed by atoms with van der Waals surface area (Å²) in [6.45, 7) is 3.78. The molecule has 0 heterocycles. The van der Waals surface area contributed by atoms with Crippen LogP contribution >= 0.6 is 0 Å². The highest BCUT2D eigenvalue weighted by molar-refractivity contribution is 5.83. The maximum Gasteiger partial charge on any atom is 0.326 e. The van der Waals surface area contributed by atoms with Crippen LogP contribution in [0.1, 0.15) is 31.4 Å². The molecule has 0 aliphatic heterocycles. The Hall–Kier alpha value is -2.35. The molecule has 106 valence electrons. The molecule has 0 aliphatic rings. The summed E-state index contributed by atoms with van der Waals surface area (Å²) >= 11 is 0. The average Bonchev–Trinajstić information content (AvgIpc) is 2.37. The molecular formula is C15H18N2O3. The van der Waals surface area contributed by atoms with Gasteiger partial charge < -0.3 is 10.4 Å². The first kappa shape index (κ1) is 15.7. The minimum Gasteiger partial charge on any atom is -0.480 e. The van der Waals surface area contributed by atoms with E-state index in [1.54, 1.807) is 24.3 Å². The summed E-state index contributed by atoms with van der Waals surface area (Å²) < 4.78 is 0. The van der Waals surface area contributed by atoms with E-state index < -0.39 is 12.0 Å². The Morgan fingerprint density at radius 1 is 1.35 bits per heavy atom. The zero-order valence-corrected chi connectivity index (χ0v) is 11.6. The summed E-state index contributed by atoms with van der Waals surface area (Å²) in [6.07, 6.45) is 0.382. The van der Waals surface area contributed by atoms with Gasteiger partial charge >= 0.3 is 5.97 Å². The molecule has 0 saturated carbocycles. The lowest BCUT2D eigenvalue weighted by molar-refractivity contribution is -0.141. The van der Waals surface area contributed by atoms with Crippen molar-refractivity contribution in [3.05, 3.63) is 35.4 Å². The van der Waals surface area contributed by atoms with Crippen LogP contribution in [0.5, 0.6) is 0 Å². The Bertz CT molecular complexity index is 532. The molecule has 1 aromatic rings. The van der Waals surface area contributed by atoms with Gasteiger partial charge in [0.05, 0.1) is 11.6 Å². The van der Waals surface area contributed by atoms with Gasteiger partial charge in [-0.2, -0.15) is 5.26 Å². The van der Waals surface area contributed by atoms with Crippen molar-refractivity contribution in [1.82, 2.24) is 5.32 Å². The topological polar surface area (TPSA) is 90.2 Å². The number of carboxylic acids is 1. The minimum absolute atomic E-state index is 0.100. The van der Waals surface area contributed by atoms with Gasteiger partial charge in [-0.3, -0.25) is 4.79 Å². The number of amides is 1. The standard InChI is InChI=1S/C15H18N2O3/c1-10(2)7-14(18)17-13(15(19)20)8-11-5-3-4-6-12(11)9-16/h3-6,10,13H,7-8H2,1-2H3,(H,17,18)(H,19,20)/t13-/m0/s1. The molecule has 0 aliphatic carbocycles. The van der Waals surface area contributed by atoms with Crippen LogP contribution in [0, 0.1) is 17.2 Å². The lowest BCUT2D eigenvalue weighted by Crippen LogP contribution is -2.42. The second kappa shape index (κ2) is 7.29. The summed E-state index contributed by atoms with van der Waals surface area (Å²) in [5, 5.41) is 20.7. The number of hydrogen-bond acceptors (Lipinski definition) is 3. The van der Waals surface area contributed by atoms with E-state index in [9.17, 15) is 14.7 Å². The van der Waals surface area contributed by atoms with Gasteiger partial charge in [0.2, 0.25) is 5.91 Å². The van der Waals surface area contributed by atoms with E-state index in [2.05, 4.69) is 5.32 Å². The molecule has 0 unspecified atom stereocenters. The van der Waals surface area contributed by atoms with Crippen molar-refractivity contribution in [2.24, 2.45) is 5.92 Å². The van der Waals surface area contributed by atoms with Gasteiger partial charge in [0.25, 0.3) is 0 Å². The molecule has 5 heteroatoms. The summed E-state index contributed by atoms with van der Waals surface area (Å²) in [5.74, 6) is -1.23. The van der Waals surface area contributed by atoms with Gasteiger partial charge in [-0.15, -0.1) is 0 Å². The predicted octanol–water partition coefficient (Wildman–Crippen LogP) is 1.72. The fraction of sp³-hybridized carbons (Fsp3) is 0.400. The van der Waals surface area contributed by atoms with Crippen LogP contribution in [0.2, 0.25) is 0 Å². The maximum absolute atomic E-state index is 11.7. The fourth-order valence-corrected chi connectivity index (χ4v) is 1.85. The van der Waals surface area contributed by atoms with Crippen molar-refractivity contribution >= 4 is 11.9 Å². The first-order chi connectivity index (χ1) is 9.43. The van der Waals surface area contributed by atoms with E-state index in [1.165, 1.54) is 0 Å². The Labute approximate surface area is 118 Å². The van der Waals surface area contributed by atoms with Gasteiger partial charge in [-0.1, -0.05) is 32.0 Å². The zero-order chi connectivity index (χ0) is 15.1. The third-order valence-corrected chi connectivity index (χ3v) is 2.79. The van der Waals surface area contributed by atoms with Crippen molar-refractivity contribution in [1.29, 1.82) is 5.26 Å². The summed E-state index contributed by atoms with van der Waals surface area (Å²) in [6, 6.07) is 7.79. The molecule has 1 aromatic carbocycles. The molecule has 0 fully saturated rings. The number of carboxylic acid groups (broad SMARTS) is 1. The smallest absolute Gasteiger partial charge is 0.326 e. The van der Waals surface area contributed by atoms with Crippen molar-refractivity contribution < 1.29 is 14.7 Å². The molecule has 1 atom stereocenters. The van der Waals surface area contributed by atoms with E-state index in [0.29, 0.717) is 11.1 Å². The van der Waals surface area contributed by atoms with Crippen molar-refractivity contribution in [2.75, 3.05) is 0 Å². The average molecular weight is 274 g/mol. The molecule has 1 amide bonds. The number of aliphatic carboxylic acids is 1. The second-order valence-corrected chi connectivity index (χ2v) is 5.03. The second-order valence-electron chi connectivity index (χ2n) is 5.03. The van der Waals surface area contributed by atoms with E-state index in [1.807, 2.05) is 19.9 Å². The third-order valence-electron chi connectivity index (χ3n) is 2.79. The number of carbonyl (C=O) groups excluding carboxylic acids is 1. The van der Waals surface area contributed by atoms with Gasteiger partial charge in [-0.05, 0) is 17.5 Å². The highest BCUT2D eigenvalue weighted by Gasteiger charge is 2.21. The Balaban J connectivity index is 2.80. The predicted molar refractivity (Wildman–Crippen MR) is 73.9 cm³/mol. The quantitative estimate of drug-likeness (QED) is 0.826. The monoisotopic (exact) mass is 274 g/mol. The molecule has 0 bridgehead atoms. The highest BCUT2D eigenvalue weighted by Crippen LogP contribution is 2.11. The van der Waals surface area contributed by atoms with Crippen LogP contribution in [-0.4, -0.2) is 23.0 Å². The molecule has 0 spiro atoms. The van der Waals surface area contributed by atoms with Crippen molar-refractivity contribution in [3.8, 4) is 6.07 Å². The van der Waals surface area contributed by atoms with Crippen LogP contribution in [0.15, 0.2) is 24.3 Å². The number of nitrogens with zero attached hydrogens (tertiary/aromatic N) is 1. The van der Waals surface area contributed by atoms with Gasteiger partial charge in [0.1, 0.15) is 6.04 Å². The first-order valence-electron chi connectivity index (χ1n) is 6.44. The Morgan fingerprint density at radius 2 is 2.00 bits per heavy atom. The maximum atomic E-state index is 11.7. The molecule has 0 saturated heterocycles. The van der Waals surface area contributed by atoms with Crippen LogP contribution in [0.3, 0.4) is 0 Å². The lowest BCUT2D eigenvalue weighted by Gasteiger charge is -2.16. The Morgan fingerprint density at radius 3 is 2.55 bits per heavy atom. The van der Waals surface area contributed by atoms with Crippen molar-refractivity contribution in [3.63, 3.8) is 0 Å².